The minimum absolute atomic E-state index is 0.267. The summed E-state index contributed by atoms with van der Waals surface area (Å²) in [5.41, 5.74) is 1.72. The Bertz CT molecular complexity index is 622. The summed E-state index contributed by atoms with van der Waals surface area (Å²) in [5, 5.41) is 10.4. The Morgan fingerprint density at radius 2 is 2.26 bits per heavy atom. The van der Waals surface area contributed by atoms with Crippen molar-refractivity contribution in [2.24, 2.45) is 5.92 Å². The van der Waals surface area contributed by atoms with E-state index in [9.17, 15) is 4.79 Å². The van der Waals surface area contributed by atoms with Gasteiger partial charge in [0.2, 0.25) is 0 Å². The van der Waals surface area contributed by atoms with Crippen LogP contribution in [0.1, 0.15) is 12.0 Å². The van der Waals surface area contributed by atoms with Crippen molar-refractivity contribution in [3.05, 3.63) is 35.0 Å². The molecule has 100 valence electrons. The highest BCUT2D eigenvalue weighted by Gasteiger charge is 2.29. The molecule has 0 radical (unpaired) electrons. The normalized spacial score (nSPS) is 20.2. The molecule has 1 aromatic carbocycles. The molecule has 1 fully saturated rings. The first-order chi connectivity index (χ1) is 9.15. The Hall–Kier alpha value is -1.52. The van der Waals surface area contributed by atoms with E-state index in [0.717, 1.165) is 23.1 Å². The molecule has 1 aromatic heterocycles. The zero-order valence-corrected chi connectivity index (χ0v) is 11.1. The number of hydrogen-bond donors (Lipinski definition) is 1. The summed E-state index contributed by atoms with van der Waals surface area (Å²) < 4.78 is 5.51. The first-order valence-corrected chi connectivity index (χ1v) is 6.64. The summed E-state index contributed by atoms with van der Waals surface area (Å²) in [6.07, 6.45) is 0.697. The Kier molecular flexibility index (Phi) is 3.21. The standard InChI is InChI=1S/C14H14ClNO3/c15-13-11(10-3-1-2-4-12(10)19-13)8-16-6-5-9(7-16)14(17)18/h1-4,9H,5-8H2,(H,17,18). The van der Waals surface area contributed by atoms with E-state index in [1.807, 2.05) is 24.3 Å². The van der Waals surface area contributed by atoms with Crippen LogP contribution in [0.5, 0.6) is 0 Å². The fourth-order valence-electron chi connectivity index (χ4n) is 2.62. The summed E-state index contributed by atoms with van der Waals surface area (Å²) in [5.74, 6) is -0.984. The van der Waals surface area contributed by atoms with Crippen molar-refractivity contribution in [1.82, 2.24) is 4.90 Å². The maximum atomic E-state index is 11.0. The quantitative estimate of drug-likeness (QED) is 0.938. The number of nitrogens with zero attached hydrogens (tertiary/aromatic N) is 1. The van der Waals surface area contributed by atoms with Gasteiger partial charge in [0.25, 0.3) is 0 Å². The minimum Gasteiger partial charge on any atom is -0.481 e. The number of carbonyl (C=O) groups is 1. The summed E-state index contributed by atoms with van der Waals surface area (Å²) >= 11 is 6.14. The molecule has 1 atom stereocenters. The van der Waals surface area contributed by atoms with Crippen LogP contribution in [0.2, 0.25) is 5.22 Å². The van der Waals surface area contributed by atoms with Crippen LogP contribution >= 0.6 is 11.6 Å². The summed E-state index contributed by atoms with van der Waals surface area (Å²) in [4.78, 5) is 13.1. The van der Waals surface area contributed by atoms with Gasteiger partial charge in [0, 0.05) is 24.0 Å². The fraction of sp³-hybridized carbons (Fsp3) is 0.357. The number of halogens is 1. The molecule has 2 heterocycles. The number of rotatable bonds is 3. The van der Waals surface area contributed by atoms with E-state index < -0.39 is 5.97 Å². The van der Waals surface area contributed by atoms with Gasteiger partial charge in [0.1, 0.15) is 5.58 Å². The third-order valence-electron chi connectivity index (χ3n) is 3.65. The molecule has 0 spiro atoms. The van der Waals surface area contributed by atoms with Crippen molar-refractivity contribution < 1.29 is 14.3 Å². The first-order valence-electron chi connectivity index (χ1n) is 6.26. The lowest BCUT2D eigenvalue weighted by atomic mass is 10.1. The van der Waals surface area contributed by atoms with Crippen molar-refractivity contribution in [3.8, 4) is 0 Å². The van der Waals surface area contributed by atoms with Crippen LogP contribution in [-0.4, -0.2) is 29.1 Å². The second-order valence-corrected chi connectivity index (χ2v) is 5.25. The molecular formula is C14H14ClNO3. The summed E-state index contributed by atoms with van der Waals surface area (Å²) in [6.45, 7) is 2.00. The fourth-order valence-corrected chi connectivity index (χ4v) is 2.86. The predicted octanol–water partition coefficient (Wildman–Crippen LogP) is 2.99. The topological polar surface area (TPSA) is 53.7 Å². The van der Waals surface area contributed by atoms with Gasteiger partial charge in [-0.25, -0.2) is 0 Å². The third-order valence-corrected chi connectivity index (χ3v) is 3.96. The van der Waals surface area contributed by atoms with Crippen molar-refractivity contribution in [1.29, 1.82) is 0 Å². The Morgan fingerprint density at radius 1 is 1.47 bits per heavy atom. The van der Waals surface area contributed by atoms with Crippen LogP contribution in [0.25, 0.3) is 11.0 Å². The molecule has 1 unspecified atom stereocenters. The van der Waals surface area contributed by atoms with Crippen LogP contribution in [-0.2, 0) is 11.3 Å². The maximum absolute atomic E-state index is 11.0. The summed E-state index contributed by atoms with van der Waals surface area (Å²) in [6, 6.07) is 7.71. The number of benzene rings is 1. The van der Waals surface area contributed by atoms with E-state index in [1.54, 1.807) is 0 Å². The molecular weight excluding hydrogens is 266 g/mol. The highest BCUT2D eigenvalue weighted by molar-refractivity contribution is 6.30. The monoisotopic (exact) mass is 279 g/mol. The minimum atomic E-state index is -0.717. The van der Waals surface area contributed by atoms with Gasteiger partial charge < -0.3 is 9.52 Å². The molecule has 1 N–H and O–H groups in total. The van der Waals surface area contributed by atoms with Crippen molar-refractivity contribution in [2.45, 2.75) is 13.0 Å². The lowest BCUT2D eigenvalue weighted by molar-refractivity contribution is -0.141. The number of para-hydroxylation sites is 1. The number of carboxylic acids is 1. The van der Waals surface area contributed by atoms with Gasteiger partial charge >= 0.3 is 5.97 Å². The number of fused-ring (bicyclic) bond motifs is 1. The lowest BCUT2D eigenvalue weighted by Crippen LogP contribution is -2.22. The number of carboxylic acid groups (broad SMARTS) is 1. The van der Waals surface area contributed by atoms with Crippen LogP contribution in [0.4, 0.5) is 0 Å². The van der Waals surface area contributed by atoms with Crippen LogP contribution in [0, 0.1) is 5.92 Å². The predicted molar refractivity (Wildman–Crippen MR) is 72.2 cm³/mol. The average Bonchev–Trinajstić information content (AvgIpc) is 2.96. The highest BCUT2D eigenvalue weighted by Crippen LogP contribution is 2.31. The van der Waals surface area contributed by atoms with E-state index in [2.05, 4.69) is 4.90 Å². The van der Waals surface area contributed by atoms with E-state index in [1.165, 1.54) is 0 Å². The highest BCUT2D eigenvalue weighted by atomic mass is 35.5. The molecule has 4 nitrogen and oxygen atoms in total. The van der Waals surface area contributed by atoms with E-state index in [0.29, 0.717) is 24.7 Å². The number of likely N-dealkylation sites (tertiary alicyclic amines) is 1. The molecule has 1 aliphatic heterocycles. The Morgan fingerprint density at radius 3 is 3.00 bits per heavy atom. The molecule has 5 heteroatoms. The zero-order chi connectivity index (χ0) is 13.4. The second kappa shape index (κ2) is 4.87. The van der Waals surface area contributed by atoms with Gasteiger partial charge in [-0.15, -0.1) is 0 Å². The van der Waals surface area contributed by atoms with Gasteiger partial charge in [-0.2, -0.15) is 0 Å². The van der Waals surface area contributed by atoms with Crippen LogP contribution < -0.4 is 0 Å². The zero-order valence-electron chi connectivity index (χ0n) is 10.3. The molecule has 0 bridgehead atoms. The average molecular weight is 280 g/mol. The van der Waals surface area contributed by atoms with Gasteiger partial charge in [0.15, 0.2) is 5.22 Å². The van der Waals surface area contributed by atoms with E-state index >= 15 is 0 Å². The number of furan rings is 1. The molecule has 3 rings (SSSR count). The third kappa shape index (κ3) is 2.33. The van der Waals surface area contributed by atoms with Crippen molar-refractivity contribution in [2.75, 3.05) is 13.1 Å². The molecule has 19 heavy (non-hydrogen) atoms. The van der Waals surface area contributed by atoms with Crippen LogP contribution in [0.3, 0.4) is 0 Å². The molecule has 1 aliphatic rings. The smallest absolute Gasteiger partial charge is 0.307 e. The van der Waals surface area contributed by atoms with Crippen molar-refractivity contribution >= 4 is 28.5 Å². The van der Waals surface area contributed by atoms with Gasteiger partial charge in [-0.05, 0) is 30.6 Å². The Labute approximate surface area is 115 Å². The SMILES string of the molecule is O=C(O)C1CCN(Cc2c(Cl)oc3ccccc23)C1. The van der Waals surface area contributed by atoms with Crippen LogP contribution in [0.15, 0.2) is 28.7 Å². The molecule has 0 saturated carbocycles. The number of hydrogen-bond acceptors (Lipinski definition) is 3. The van der Waals surface area contributed by atoms with E-state index in [4.69, 9.17) is 21.1 Å². The van der Waals surface area contributed by atoms with Gasteiger partial charge in [-0.3, -0.25) is 9.69 Å². The largest absolute Gasteiger partial charge is 0.481 e. The lowest BCUT2D eigenvalue weighted by Gasteiger charge is -2.14. The second-order valence-electron chi connectivity index (χ2n) is 4.91. The first kappa shape index (κ1) is 12.5. The van der Waals surface area contributed by atoms with Crippen molar-refractivity contribution in [3.63, 3.8) is 0 Å². The number of aliphatic carboxylic acids is 1. The molecule has 2 aromatic rings. The van der Waals surface area contributed by atoms with Gasteiger partial charge in [0.05, 0.1) is 5.92 Å². The summed E-state index contributed by atoms with van der Waals surface area (Å²) in [7, 11) is 0. The molecule has 1 saturated heterocycles. The molecule has 0 aliphatic carbocycles. The maximum Gasteiger partial charge on any atom is 0.307 e. The van der Waals surface area contributed by atoms with E-state index in [-0.39, 0.29) is 5.92 Å². The van der Waals surface area contributed by atoms with Gasteiger partial charge in [-0.1, -0.05) is 18.2 Å². The Balaban J connectivity index is 1.82. The molecule has 0 amide bonds.